The van der Waals surface area contributed by atoms with Crippen molar-refractivity contribution in [3.8, 4) is 0 Å². The Balaban J connectivity index is 2.51. The summed E-state index contributed by atoms with van der Waals surface area (Å²) in [5.41, 5.74) is 0. The van der Waals surface area contributed by atoms with Crippen molar-refractivity contribution in [1.82, 2.24) is 10.2 Å². The fourth-order valence-corrected chi connectivity index (χ4v) is 1.81. The van der Waals surface area contributed by atoms with Crippen LogP contribution in [0.25, 0.3) is 0 Å². The second kappa shape index (κ2) is 6.83. The molecule has 1 amide bonds. The number of carbonyl (C=O) groups excluding carboxylic acids is 1. The van der Waals surface area contributed by atoms with Crippen molar-refractivity contribution >= 4 is 5.91 Å². The van der Waals surface area contributed by atoms with E-state index in [1.807, 2.05) is 18.7 Å². The largest absolute Gasteiger partial charge is 0.395 e. The predicted octanol–water partition coefficient (Wildman–Crippen LogP) is -0.548. The summed E-state index contributed by atoms with van der Waals surface area (Å²) in [6.07, 6.45) is 0. The standard InChI is InChI=1S/C11H22N2O3/c1-9(2)10(12-3-6-14)11(15)13-4-7-16-8-5-13/h9-10,12,14H,3-8H2,1-2H3. The molecular weight excluding hydrogens is 208 g/mol. The molecule has 0 radical (unpaired) electrons. The third kappa shape index (κ3) is 3.73. The van der Waals surface area contributed by atoms with E-state index in [9.17, 15) is 4.79 Å². The van der Waals surface area contributed by atoms with Gasteiger partial charge in [0.1, 0.15) is 0 Å². The summed E-state index contributed by atoms with van der Waals surface area (Å²) in [6.45, 7) is 7.11. The Labute approximate surface area is 96.8 Å². The number of nitrogens with one attached hydrogen (secondary N) is 1. The number of carbonyl (C=O) groups is 1. The van der Waals surface area contributed by atoms with Crippen molar-refractivity contribution in [2.45, 2.75) is 19.9 Å². The van der Waals surface area contributed by atoms with Crippen molar-refractivity contribution in [2.75, 3.05) is 39.5 Å². The Hall–Kier alpha value is -0.650. The predicted molar refractivity (Wildman–Crippen MR) is 61.1 cm³/mol. The molecule has 0 aromatic heterocycles. The number of morpholine rings is 1. The minimum Gasteiger partial charge on any atom is -0.395 e. The SMILES string of the molecule is CC(C)C(NCCO)C(=O)N1CCOCC1. The van der Waals surface area contributed by atoms with E-state index in [1.165, 1.54) is 0 Å². The zero-order chi connectivity index (χ0) is 12.0. The van der Waals surface area contributed by atoms with E-state index in [2.05, 4.69) is 5.32 Å². The van der Waals surface area contributed by atoms with Crippen LogP contribution in [-0.4, -0.2) is 61.4 Å². The highest BCUT2D eigenvalue weighted by Crippen LogP contribution is 2.08. The van der Waals surface area contributed by atoms with Crippen molar-refractivity contribution in [1.29, 1.82) is 0 Å². The zero-order valence-electron chi connectivity index (χ0n) is 10.1. The van der Waals surface area contributed by atoms with Gasteiger partial charge in [-0.15, -0.1) is 0 Å². The quantitative estimate of drug-likeness (QED) is 0.665. The molecule has 1 heterocycles. The van der Waals surface area contributed by atoms with Gasteiger partial charge in [0.2, 0.25) is 5.91 Å². The second-order valence-electron chi connectivity index (χ2n) is 4.34. The molecule has 16 heavy (non-hydrogen) atoms. The Kier molecular flexibility index (Phi) is 5.73. The van der Waals surface area contributed by atoms with Crippen LogP contribution in [0.5, 0.6) is 0 Å². The first-order chi connectivity index (χ1) is 7.66. The first kappa shape index (κ1) is 13.4. The van der Waals surface area contributed by atoms with Crippen molar-refractivity contribution in [2.24, 2.45) is 5.92 Å². The van der Waals surface area contributed by atoms with Crippen LogP contribution in [0, 0.1) is 5.92 Å². The summed E-state index contributed by atoms with van der Waals surface area (Å²) >= 11 is 0. The average Bonchev–Trinajstić information content (AvgIpc) is 2.30. The monoisotopic (exact) mass is 230 g/mol. The summed E-state index contributed by atoms with van der Waals surface area (Å²) in [6, 6.07) is -0.203. The molecule has 1 atom stereocenters. The molecule has 94 valence electrons. The van der Waals surface area contributed by atoms with Gasteiger partial charge in [-0.25, -0.2) is 0 Å². The number of ether oxygens (including phenoxy) is 1. The zero-order valence-corrected chi connectivity index (χ0v) is 10.1. The molecule has 1 fully saturated rings. The van der Waals surface area contributed by atoms with Gasteiger partial charge in [-0.3, -0.25) is 4.79 Å². The van der Waals surface area contributed by atoms with E-state index in [4.69, 9.17) is 9.84 Å². The molecule has 1 aliphatic rings. The molecule has 0 bridgehead atoms. The fourth-order valence-electron chi connectivity index (χ4n) is 1.81. The fraction of sp³-hybridized carbons (Fsp3) is 0.909. The number of nitrogens with zero attached hydrogens (tertiary/aromatic N) is 1. The normalized spacial score (nSPS) is 18.9. The van der Waals surface area contributed by atoms with Crippen LogP contribution in [0.1, 0.15) is 13.8 Å². The van der Waals surface area contributed by atoms with Gasteiger partial charge in [0.15, 0.2) is 0 Å². The third-order valence-electron chi connectivity index (χ3n) is 2.73. The van der Waals surface area contributed by atoms with Crippen molar-refractivity contribution in [3.63, 3.8) is 0 Å². The van der Waals surface area contributed by atoms with Gasteiger partial charge in [0, 0.05) is 19.6 Å². The number of aliphatic hydroxyl groups excluding tert-OH is 1. The molecule has 5 heteroatoms. The first-order valence-electron chi connectivity index (χ1n) is 5.87. The van der Waals surface area contributed by atoms with Gasteiger partial charge in [0.25, 0.3) is 0 Å². The van der Waals surface area contributed by atoms with Gasteiger partial charge in [-0.05, 0) is 5.92 Å². The molecule has 2 N–H and O–H groups in total. The molecule has 0 spiro atoms. The Morgan fingerprint density at radius 1 is 1.44 bits per heavy atom. The van der Waals surface area contributed by atoms with Crippen molar-refractivity contribution in [3.05, 3.63) is 0 Å². The maximum atomic E-state index is 12.2. The summed E-state index contributed by atoms with van der Waals surface area (Å²) in [4.78, 5) is 14.0. The highest BCUT2D eigenvalue weighted by Gasteiger charge is 2.27. The summed E-state index contributed by atoms with van der Waals surface area (Å²) in [7, 11) is 0. The maximum absolute atomic E-state index is 12.2. The highest BCUT2D eigenvalue weighted by atomic mass is 16.5. The van der Waals surface area contributed by atoms with Crippen LogP contribution >= 0.6 is 0 Å². The van der Waals surface area contributed by atoms with Crippen LogP contribution in [0.4, 0.5) is 0 Å². The Morgan fingerprint density at radius 3 is 2.56 bits per heavy atom. The molecule has 0 aliphatic carbocycles. The van der Waals surface area contributed by atoms with E-state index in [1.54, 1.807) is 0 Å². The average molecular weight is 230 g/mol. The number of rotatable bonds is 5. The smallest absolute Gasteiger partial charge is 0.240 e. The van der Waals surface area contributed by atoms with Crippen LogP contribution in [0.2, 0.25) is 0 Å². The van der Waals surface area contributed by atoms with Gasteiger partial charge < -0.3 is 20.1 Å². The molecular formula is C11H22N2O3. The first-order valence-corrected chi connectivity index (χ1v) is 5.87. The summed E-state index contributed by atoms with van der Waals surface area (Å²) < 4.78 is 5.22. The van der Waals surface area contributed by atoms with Crippen LogP contribution in [0.3, 0.4) is 0 Å². The number of amides is 1. The molecule has 1 unspecified atom stereocenters. The Morgan fingerprint density at radius 2 is 2.06 bits per heavy atom. The van der Waals surface area contributed by atoms with Gasteiger partial charge in [-0.2, -0.15) is 0 Å². The number of hydrogen-bond donors (Lipinski definition) is 2. The molecule has 1 aliphatic heterocycles. The highest BCUT2D eigenvalue weighted by molar-refractivity contribution is 5.82. The molecule has 1 rings (SSSR count). The third-order valence-corrected chi connectivity index (χ3v) is 2.73. The van der Waals surface area contributed by atoms with Crippen molar-refractivity contribution < 1.29 is 14.6 Å². The summed E-state index contributed by atoms with van der Waals surface area (Å²) in [5, 5.41) is 11.9. The van der Waals surface area contributed by atoms with E-state index >= 15 is 0 Å². The van der Waals surface area contributed by atoms with Crippen LogP contribution < -0.4 is 5.32 Å². The van der Waals surface area contributed by atoms with Gasteiger partial charge >= 0.3 is 0 Å². The maximum Gasteiger partial charge on any atom is 0.240 e. The van der Waals surface area contributed by atoms with Gasteiger partial charge in [0.05, 0.1) is 25.9 Å². The summed E-state index contributed by atoms with van der Waals surface area (Å²) in [5.74, 6) is 0.341. The number of hydrogen-bond acceptors (Lipinski definition) is 4. The Bertz CT molecular complexity index is 215. The lowest BCUT2D eigenvalue weighted by Crippen LogP contribution is -2.52. The lowest BCUT2D eigenvalue weighted by molar-refractivity contribution is -0.138. The lowest BCUT2D eigenvalue weighted by atomic mass is 10.0. The minimum absolute atomic E-state index is 0.0552. The van der Waals surface area contributed by atoms with Crippen LogP contribution in [-0.2, 0) is 9.53 Å². The van der Waals surface area contributed by atoms with E-state index in [-0.39, 0.29) is 24.5 Å². The van der Waals surface area contributed by atoms with E-state index in [0.717, 1.165) is 0 Å². The molecule has 0 saturated carbocycles. The van der Waals surface area contributed by atoms with E-state index in [0.29, 0.717) is 32.8 Å². The molecule has 1 saturated heterocycles. The molecule has 0 aromatic carbocycles. The van der Waals surface area contributed by atoms with Gasteiger partial charge in [-0.1, -0.05) is 13.8 Å². The lowest BCUT2D eigenvalue weighted by Gasteiger charge is -2.32. The minimum atomic E-state index is -0.203. The molecule has 0 aromatic rings. The number of aliphatic hydroxyl groups is 1. The van der Waals surface area contributed by atoms with E-state index < -0.39 is 0 Å². The molecule has 5 nitrogen and oxygen atoms in total. The second-order valence-corrected chi connectivity index (χ2v) is 4.34. The topological polar surface area (TPSA) is 61.8 Å². The van der Waals surface area contributed by atoms with Crippen LogP contribution in [0.15, 0.2) is 0 Å².